The fraction of sp³-hybridized carbons (Fsp3) is 0.562. The molecule has 1 saturated heterocycles. The van der Waals surface area contributed by atoms with Gasteiger partial charge >= 0.3 is 0 Å². The van der Waals surface area contributed by atoms with Gasteiger partial charge in [-0.25, -0.2) is 0 Å². The zero-order chi connectivity index (χ0) is 13.9. The summed E-state index contributed by atoms with van der Waals surface area (Å²) in [6, 6.07) is 10.3. The molecule has 3 heteroatoms. The molecule has 1 aromatic carbocycles. The van der Waals surface area contributed by atoms with Gasteiger partial charge < -0.3 is 10.6 Å². The van der Waals surface area contributed by atoms with Crippen molar-refractivity contribution in [3.63, 3.8) is 0 Å². The van der Waals surface area contributed by atoms with Crippen LogP contribution in [0.3, 0.4) is 0 Å². The van der Waals surface area contributed by atoms with E-state index in [4.69, 9.17) is 0 Å². The van der Waals surface area contributed by atoms with E-state index in [1.807, 2.05) is 25.1 Å². The van der Waals surface area contributed by atoms with Crippen molar-refractivity contribution in [2.45, 2.75) is 33.2 Å². The standard InChI is InChI=1S/C16H24N2O/c1-12(2)14(13-7-5-4-6-8-13)18-15(19)16(3)9-10-17-11-16/h4-8,12,14,17H,9-11H2,1-3H3,(H,18,19). The third kappa shape index (κ3) is 3.16. The van der Waals surface area contributed by atoms with Gasteiger partial charge in [0.1, 0.15) is 0 Å². The average molecular weight is 260 g/mol. The maximum Gasteiger partial charge on any atom is 0.227 e. The smallest absolute Gasteiger partial charge is 0.227 e. The summed E-state index contributed by atoms with van der Waals surface area (Å²) in [6.07, 6.45) is 0.915. The highest BCUT2D eigenvalue weighted by Crippen LogP contribution is 2.28. The molecule has 19 heavy (non-hydrogen) atoms. The molecule has 0 aromatic heterocycles. The van der Waals surface area contributed by atoms with Crippen LogP contribution in [0.5, 0.6) is 0 Å². The van der Waals surface area contributed by atoms with Crippen LogP contribution in [0.1, 0.15) is 38.8 Å². The van der Waals surface area contributed by atoms with Crippen LogP contribution in [0.25, 0.3) is 0 Å². The highest BCUT2D eigenvalue weighted by molar-refractivity contribution is 5.83. The predicted octanol–water partition coefficient (Wildman–Crippen LogP) is 2.50. The first kappa shape index (κ1) is 14.1. The zero-order valence-corrected chi connectivity index (χ0v) is 12.1. The van der Waals surface area contributed by atoms with Crippen LogP contribution in [0.2, 0.25) is 0 Å². The van der Waals surface area contributed by atoms with Gasteiger partial charge in [-0.05, 0) is 31.4 Å². The van der Waals surface area contributed by atoms with Crippen LogP contribution >= 0.6 is 0 Å². The minimum atomic E-state index is -0.262. The van der Waals surface area contributed by atoms with Gasteiger partial charge in [-0.1, -0.05) is 44.2 Å². The van der Waals surface area contributed by atoms with Crippen LogP contribution in [0.15, 0.2) is 30.3 Å². The van der Waals surface area contributed by atoms with Crippen molar-refractivity contribution in [2.24, 2.45) is 11.3 Å². The van der Waals surface area contributed by atoms with Crippen molar-refractivity contribution in [2.75, 3.05) is 13.1 Å². The Morgan fingerprint density at radius 2 is 2.00 bits per heavy atom. The summed E-state index contributed by atoms with van der Waals surface area (Å²) in [6.45, 7) is 8.05. The number of carbonyl (C=O) groups is 1. The third-order valence-electron chi connectivity index (χ3n) is 4.03. The summed E-state index contributed by atoms with van der Waals surface area (Å²) in [4.78, 5) is 12.5. The number of benzene rings is 1. The lowest BCUT2D eigenvalue weighted by molar-refractivity contribution is -0.130. The van der Waals surface area contributed by atoms with Gasteiger partial charge in [-0.3, -0.25) is 4.79 Å². The molecular weight excluding hydrogens is 236 g/mol. The molecule has 0 saturated carbocycles. The average Bonchev–Trinajstić information content (AvgIpc) is 2.84. The molecule has 2 N–H and O–H groups in total. The molecule has 0 bridgehead atoms. The SMILES string of the molecule is CC(C)C(NC(=O)C1(C)CCNC1)c1ccccc1. The van der Waals surface area contributed by atoms with E-state index in [9.17, 15) is 4.79 Å². The Morgan fingerprint density at radius 3 is 2.53 bits per heavy atom. The fourth-order valence-corrected chi connectivity index (χ4v) is 2.62. The van der Waals surface area contributed by atoms with E-state index in [1.165, 1.54) is 5.56 Å². The van der Waals surface area contributed by atoms with Crippen molar-refractivity contribution in [1.29, 1.82) is 0 Å². The fourth-order valence-electron chi connectivity index (χ4n) is 2.62. The first-order chi connectivity index (χ1) is 9.03. The second kappa shape index (κ2) is 5.74. The molecule has 3 nitrogen and oxygen atoms in total. The van der Waals surface area contributed by atoms with E-state index in [2.05, 4.69) is 36.6 Å². The number of hydrogen-bond donors (Lipinski definition) is 2. The normalized spacial score (nSPS) is 24.4. The summed E-state index contributed by atoms with van der Waals surface area (Å²) < 4.78 is 0. The second-order valence-corrected chi connectivity index (χ2v) is 6.09. The third-order valence-corrected chi connectivity index (χ3v) is 4.03. The molecule has 1 aliphatic heterocycles. The Morgan fingerprint density at radius 1 is 1.32 bits per heavy atom. The largest absolute Gasteiger partial charge is 0.349 e. The Balaban J connectivity index is 2.11. The topological polar surface area (TPSA) is 41.1 Å². The molecule has 2 unspecified atom stereocenters. The van der Waals surface area contributed by atoms with Gasteiger partial charge in [0, 0.05) is 6.54 Å². The van der Waals surface area contributed by atoms with Crippen molar-refractivity contribution in [1.82, 2.24) is 10.6 Å². The predicted molar refractivity (Wildman–Crippen MR) is 77.8 cm³/mol. The highest BCUT2D eigenvalue weighted by Gasteiger charge is 2.37. The summed E-state index contributed by atoms with van der Waals surface area (Å²) in [5, 5.41) is 6.51. The molecular formula is C16H24N2O. The number of carbonyl (C=O) groups excluding carboxylic acids is 1. The molecule has 2 rings (SSSR count). The molecule has 104 valence electrons. The van der Waals surface area contributed by atoms with E-state index in [0.29, 0.717) is 5.92 Å². The lowest BCUT2D eigenvalue weighted by atomic mass is 9.87. The van der Waals surface area contributed by atoms with Gasteiger partial charge in [0.2, 0.25) is 5.91 Å². The first-order valence-corrected chi connectivity index (χ1v) is 7.09. The van der Waals surface area contributed by atoms with Crippen molar-refractivity contribution < 1.29 is 4.79 Å². The maximum atomic E-state index is 12.5. The first-order valence-electron chi connectivity index (χ1n) is 7.09. The van der Waals surface area contributed by atoms with Crippen LogP contribution < -0.4 is 10.6 Å². The highest BCUT2D eigenvalue weighted by atomic mass is 16.2. The van der Waals surface area contributed by atoms with Gasteiger partial charge in [-0.15, -0.1) is 0 Å². The number of nitrogens with one attached hydrogen (secondary N) is 2. The van der Waals surface area contributed by atoms with E-state index in [0.717, 1.165) is 19.5 Å². The Hall–Kier alpha value is -1.35. The molecule has 1 amide bonds. The van der Waals surface area contributed by atoms with E-state index < -0.39 is 0 Å². The van der Waals surface area contributed by atoms with E-state index >= 15 is 0 Å². The molecule has 0 aliphatic carbocycles. The van der Waals surface area contributed by atoms with Crippen LogP contribution in [-0.4, -0.2) is 19.0 Å². The molecule has 2 atom stereocenters. The molecule has 0 radical (unpaired) electrons. The molecule has 1 aliphatic rings. The Bertz CT molecular complexity index is 422. The molecule has 1 fully saturated rings. The van der Waals surface area contributed by atoms with Crippen LogP contribution in [0.4, 0.5) is 0 Å². The second-order valence-electron chi connectivity index (χ2n) is 6.09. The van der Waals surface area contributed by atoms with Gasteiger partial charge in [0.25, 0.3) is 0 Å². The summed E-state index contributed by atoms with van der Waals surface area (Å²) in [7, 11) is 0. The minimum absolute atomic E-state index is 0.0890. The minimum Gasteiger partial charge on any atom is -0.349 e. The van der Waals surface area contributed by atoms with Gasteiger partial charge in [0.15, 0.2) is 0 Å². The van der Waals surface area contributed by atoms with Gasteiger partial charge in [0.05, 0.1) is 11.5 Å². The van der Waals surface area contributed by atoms with Crippen molar-refractivity contribution >= 4 is 5.91 Å². The number of rotatable bonds is 4. The van der Waals surface area contributed by atoms with Crippen LogP contribution in [0, 0.1) is 11.3 Å². The van der Waals surface area contributed by atoms with E-state index in [-0.39, 0.29) is 17.4 Å². The number of amides is 1. The van der Waals surface area contributed by atoms with Gasteiger partial charge in [-0.2, -0.15) is 0 Å². The quantitative estimate of drug-likeness (QED) is 0.873. The lowest BCUT2D eigenvalue weighted by Gasteiger charge is -2.28. The monoisotopic (exact) mass is 260 g/mol. The maximum absolute atomic E-state index is 12.5. The van der Waals surface area contributed by atoms with E-state index in [1.54, 1.807) is 0 Å². The summed E-state index contributed by atoms with van der Waals surface area (Å²) in [5.74, 6) is 0.546. The molecule has 0 spiro atoms. The summed E-state index contributed by atoms with van der Waals surface area (Å²) >= 11 is 0. The number of hydrogen-bond acceptors (Lipinski definition) is 2. The molecule has 1 heterocycles. The van der Waals surface area contributed by atoms with Crippen molar-refractivity contribution in [3.8, 4) is 0 Å². The lowest BCUT2D eigenvalue weighted by Crippen LogP contribution is -2.43. The van der Waals surface area contributed by atoms with Crippen LogP contribution in [-0.2, 0) is 4.79 Å². The molecule has 1 aromatic rings. The van der Waals surface area contributed by atoms with Crippen molar-refractivity contribution in [3.05, 3.63) is 35.9 Å². The zero-order valence-electron chi connectivity index (χ0n) is 12.1. The Labute approximate surface area is 115 Å². The Kier molecular flexibility index (Phi) is 4.25. The summed E-state index contributed by atoms with van der Waals surface area (Å²) in [5.41, 5.74) is 0.919.